The van der Waals surface area contributed by atoms with Crippen molar-refractivity contribution in [1.29, 1.82) is 0 Å². The lowest BCUT2D eigenvalue weighted by Gasteiger charge is -2.00. The Morgan fingerprint density at radius 2 is 2.09 bits per heavy atom. The predicted molar refractivity (Wildman–Crippen MR) is 92.4 cm³/mol. The van der Waals surface area contributed by atoms with Crippen molar-refractivity contribution in [2.24, 2.45) is 0 Å². The molecule has 0 aliphatic rings. The molecular weight excluding hydrogens is 315 g/mol. The Balaban J connectivity index is 2.13. The van der Waals surface area contributed by atoms with Gasteiger partial charge in [-0.2, -0.15) is 0 Å². The molecule has 3 rings (SSSR count). The summed E-state index contributed by atoms with van der Waals surface area (Å²) in [5, 5.41) is 0.537. The van der Waals surface area contributed by atoms with E-state index in [4.69, 9.17) is 0 Å². The standard InChI is InChI=1S/C17H15FN2O2S/c1-3-20-16(21)14-10(2)13(23-15(14)19-17(20)22)8-7-11-5-4-6-12(18)9-11/h4-9H,3H2,1-2H3,(H,19,22)/b8-7+. The molecule has 0 fully saturated rings. The van der Waals surface area contributed by atoms with Gasteiger partial charge >= 0.3 is 5.69 Å². The van der Waals surface area contributed by atoms with Gasteiger partial charge < -0.3 is 0 Å². The number of aryl methyl sites for hydroxylation is 1. The Hall–Kier alpha value is -2.47. The first kappa shape index (κ1) is 15.4. The van der Waals surface area contributed by atoms with E-state index in [0.717, 1.165) is 16.0 Å². The fraction of sp³-hybridized carbons (Fsp3) is 0.176. The number of aromatic nitrogens is 2. The SMILES string of the molecule is CCn1c(=O)[nH]c2sc(/C=C/c3cccc(F)c3)c(C)c2c1=O. The number of rotatable bonds is 3. The number of hydrogen-bond acceptors (Lipinski definition) is 3. The molecule has 3 aromatic rings. The first-order valence-electron chi connectivity index (χ1n) is 7.21. The summed E-state index contributed by atoms with van der Waals surface area (Å²) in [7, 11) is 0. The van der Waals surface area contributed by atoms with E-state index in [1.807, 2.05) is 13.0 Å². The minimum absolute atomic E-state index is 0.273. The summed E-state index contributed by atoms with van der Waals surface area (Å²) in [6.45, 7) is 3.94. The van der Waals surface area contributed by atoms with Crippen LogP contribution < -0.4 is 11.2 Å². The lowest BCUT2D eigenvalue weighted by Crippen LogP contribution is -2.34. The fourth-order valence-electron chi connectivity index (χ4n) is 2.50. The maximum atomic E-state index is 13.2. The lowest BCUT2D eigenvalue weighted by molar-refractivity contribution is 0.627. The van der Waals surface area contributed by atoms with Gasteiger partial charge in [-0.25, -0.2) is 9.18 Å². The van der Waals surface area contributed by atoms with E-state index in [-0.39, 0.29) is 11.4 Å². The third kappa shape index (κ3) is 2.77. The van der Waals surface area contributed by atoms with Gasteiger partial charge in [-0.1, -0.05) is 18.2 Å². The molecule has 0 amide bonds. The highest BCUT2D eigenvalue weighted by Crippen LogP contribution is 2.28. The Morgan fingerprint density at radius 1 is 1.30 bits per heavy atom. The molecule has 2 heterocycles. The van der Waals surface area contributed by atoms with Crippen LogP contribution in [0.15, 0.2) is 33.9 Å². The van der Waals surface area contributed by atoms with Gasteiger partial charge in [0.05, 0.1) is 5.39 Å². The van der Waals surface area contributed by atoms with Gasteiger partial charge in [-0.3, -0.25) is 14.3 Å². The zero-order chi connectivity index (χ0) is 16.6. The molecule has 0 saturated heterocycles. The molecule has 6 heteroatoms. The van der Waals surface area contributed by atoms with Crippen LogP contribution in [0.2, 0.25) is 0 Å². The Kier molecular flexibility index (Phi) is 4.00. The predicted octanol–water partition coefficient (Wildman–Crippen LogP) is 3.39. The van der Waals surface area contributed by atoms with Crippen LogP contribution in [0.1, 0.15) is 22.9 Å². The molecule has 0 saturated carbocycles. The fourth-order valence-corrected chi connectivity index (χ4v) is 3.59. The topological polar surface area (TPSA) is 54.9 Å². The molecule has 0 aliphatic heterocycles. The van der Waals surface area contributed by atoms with E-state index < -0.39 is 5.69 Å². The molecule has 0 spiro atoms. The lowest BCUT2D eigenvalue weighted by atomic mass is 10.1. The molecule has 1 aromatic carbocycles. The number of H-pyrrole nitrogens is 1. The highest BCUT2D eigenvalue weighted by molar-refractivity contribution is 7.19. The van der Waals surface area contributed by atoms with Gasteiger partial charge in [0.25, 0.3) is 5.56 Å². The van der Waals surface area contributed by atoms with Gasteiger partial charge in [0, 0.05) is 11.4 Å². The zero-order valence-electron chi connectivity index (χ0n) is 12.7. The second kappa shape index (κ2) is 5.96. The summed E-state index contributed by atoms with van der Waals surface area (Å²) in [6.07, 6.45) is 3.63. The van der Waals surface area contributed by atoms with Crippen LogP contribution in [0, 0.1) is 12.7 Å². The van der Waals surface area contributed by atoms with E-state index >= 15 is 0 Å². The highest BCUT2D eigenvalue weighted by atomic mass is 32.1. The van der Waals surface area contributed by atoms with Crippen molar-refractivity contribution in [3.8, 4) is 0 Å². The number of halogens is 1. The molecular formula is C17H15FN2O2S. The molecule has 0 unspecified atom stereocenters. The molecule has 1 N–H and O–H groups in total. The van der Waals surface area contributed by atoms with Crippen LogP contribution in [0.5, 0.6) is 0 Å². The molecule has 0 aliphatic carbocycles. The molecule has 4 nitrogen and oxygen atoms in total. The van der Waals surface area contributed by atoms with Crippen molar-refractivity contribution in [3.05, 3.63) is 66.9 Å². The molecule has 0 radical (unpaired) electrons. The van der Waals surface area contributed by atoms with Gasteiger partial charge in [-0.05, 0) is 43.2 Å². The van der Waals surface area contributed by atoms with Crippen LogP contribution in [0.25, 0.3) is 22.4 Å². The summed E-state index contributed by atoms with van der Waals surface area (Å²) >= 11 is 1.35. The smallest absolute Gasteiger partial charge is 0.298 e. The minimum Gasteiger partial charge on any atom is -0.298 e. The summed E-state index contributed by atoms with van der Waals surface area (Å²) in [5.41, 5.74) is 0.889. The summed E-state index contributed by atoms with van der Waals surface area (Å²) in [5.74, 6) is -0.296. The Labute approximate surface area is 135 Å². The van der Waals surface area contributed by atoms with Crippen LogP contribution in [0.3, 0.4) is 0 Å². The minimum atomic E-state index is -0.396. The normalized spacial score (nSPS) is 11.6. The summed E-state index contributed by atoms with van der Waals surface area (Å²) < 4.78 is 14.4. The number of benzene rings is 1. The van der Waals surface area contributed by atoms with Gasteiger partial charge in [-0.15, -0.1) is 11.3 Å². The number of aromatic amines is 1. The van der Waals surface area contributed by atoms with Crippen LogP contribution in [-0.4, -0.2) is 9.55 Å². The number of thiophene rings is 1. The van der Waals surface area contributed by atoms with Crippen molar-refractivity contribution >= 4 is 33.7 Å². The first-order valence-corrected chi connectivity index (χ1v) is 8.02. The largest absolute Gasteiger partial charge is 0.329 e. The van der Waals surface area contributed by atoms with Gasteiger partial charge in [0.15, 0.2) is 0 Å². The first-order chi connectivity index (χ1) is 11.0. The number of nitrogens with one attached hydrogen (secondary N) is 1. The molecule has 0 atom stereocenters. The van der Waals surface area contributed by atoms with E-state index in [1.54, 1.807) is 25.1 Å². The Morgan fingerprint density at radius 3 is 2.78 bits per heavy atom. The van der Waals surface area contributed by atoms with Crippen LogP contribution in [-0.2, 0) is 6.54 Å². The summed E-state index contributed by atoms with van der Waals surface area (Å²) in [6, 6.07) is 6.27. The van der Waals surface area contributed by atoms with Crippen molar-refractivity contribution < 1.29 is 4.39 Å². The monoisotopic (exact) mass is 330 g/mol. The van der Waals surface area contributed by atoms with Crippen molar-refractivity contribution in [2.75, 3.05) is 0 Å². The van der Waals surface area contributed by atoms with Crippen molar-refractivity contribution in [1.82, 2.24) is 9.55 Å². The van der Waals surface area contributed by atoms with E-state index in [1.165, 1.54) is 28.0 Å². The molecule has 118 valence electrons. The number of hydrogen-bond donors (Lipinski definition) is 1. The maximum Gasteiger partial charge on any atom is 0.329 e. The Bertz CT molecular complexity index is 1030. The van der Waals surface area contributed by atoms with E-state index in [9.17, 15) is 14.0 Å². The van der Waals surface area contributed by atoms with Gasteiger partial charge in [0.2, 0.25) is 0 Å². The quantitative estimate of drug-likeness (QED) is 0.800. The maximum absolute atomic E-state index is 13.2. The molecule has 2 aromatic heterocycles. The number of nitrogens with zero attached hydrogens (tertiary/aromatic N) is 1. The van der Waals surface area contributed by atoms with E-state index in [0.29, 0.717) is 16.8 Å². The second-order valence-corrected chi connectivity index (χ2v) is 6.22. The van der Waals surface area contributed by atoms with Gasteiger partial charge in [0.1, 0.15) is 10.6 Å². The van der Waals surface area contributed by atoms with Crippen molar-refractivity contribution in [2.45, 2.75) is 20.4 Å². The molecule has 23 heavy (non-hydrogen) atoms. The highest BCUT2D eigenvalue weighted by Gasteiger charge is 2.13. The third-order valence-electron chi connectivity index (χ3n) is 3.70. The van der Waals surface area contributed by atoms with E-state index in [2.05, 4.69) is 4.98 Å². The van der Waals surface area contributed by atoms with Crippen LogP contribution >= 0.6 is 11.3 Å². The summed E-state index contributed by atoms with van der Waals surface area (Å²) in [4.78, 5) is 28.5. The average Bonchev–Trinajstić information content (AvgIpc) is 2.82. The van der Waals surface area contributed by atoms with Crippen molar-refractivity contribution in [3.63, 3.8) is 0 Å². The number of fused-ring (bicyclic) bond motifs is 1. The molecule has 0 bridgehead atoms. The average molecular weight is 330 g/mol. The van der Waals surface area contributed by atoms with Crippen LogP contribution in [0.4, 0.5) is 4.39 Å². The third-order valence-corrected chi connectivity index (χ3v) is 4.87. The zero-order valence-corrected chi connectivity index (χ0v) is 13.5. The second-order valence-electron chi connectivity index (χ2n) is 5.16.